The summed E-state index contributed by atoms with van der Waals surface area (Å²) in [6, 6.07) is 3.39. The fraction of sp³-hybridized carbons (Fsp3) is 0.273. The van der Waals surface area contributed by atoms with E-state index in [1.807, 2.05) is 0 Å². The minimum atomic E-state index is -0.725. The molecule has 1 aromatic carbocycles. The molecule has 1 unspecified atom stereocenters. The molecule has 0 saturated carbocycles. The Balaban J connectivity index is 2.44. The SMILES string of the molecule is CNC(C)c1nnc(-c2c(F)cccc2F)o1. The van der Waals surface area contributed by atoms with E-state index >= 15 is 0 Å². The maximum absolute atomic E-state index is 13.4. The zero-order chi connectivity index (χ0) is 12.4. The van der Waals surface area contributed by atoms with Gasteiger partial charge in [0.25, 0.3) is 5.89 Å². The first-order chi connectivity index (χ1) is 8.13. The predicted molar refractivity (Wildman–Crippen MR) is 57.1 cm³/mol. The van der Waals surface area contributed by atoms with E-state index in [1.54, 1.807) is 14.0 Å². The molecule has 1 atom stereocenters. The van der Waals surface area contributed by atoms with Crippen LogP contribution in [0.25, 0.3) is 11.5 Å². The van der Waals surface area contributed by atoms with Crippen LogP contribution in [0.15, 0.2) is 22.6 Å². The molecule has 0 aliphatic carbocycles. The fourth-order valence-corrected chi connectivity index (χ4v) is 1.34. The summed E-state index contributed by atoms with van der Waals surface area (Å²) in [5.41, 5.74) is -0.297. The van der Waals surface area contributed by atoms with Gasteiger partial charge in [0.1, 0.15) is 17.2 Å². The molecular weight excluding hydrogens is 228 g/mol. The Bertz CT molecular complexity index is 507. The average molecular weight is 239 g/mol. The van der Waals surface area contributed by atoms with E-state index < -0.39 is 11.6 Å². The van der Waals surface area contributed by atoms with Crippen molar-refractivity contribution < 1.29 is 13.2 Å². The van der Waals surface area contributed by atoms with E-state index in [-0.39, 0.29) is 23.4 Å². The van der Waals surface area contributed by atoms with Crippen molar-refractivity contribution in [1.82, 2.24) is 15.5 Å². The first-order valence-corrected chi connectivity index (χ1v) is 5.08. The lowest BCUT2D eigenvalue weighted by Crippen LogP contribution is -2.12. The van der Waals surface area contributed by atoms with Gasteiger partial charge in [-0.3, -0.25) is 0 Å². The molecule has 0 bridgehead atoms. The van der Waals surface area contributed by atoms with Crippen molar-refractivity contribution in [3.05, 3.63) is 35.7 Å². The summed E-state index contributed by atoms with van der Waals surface area (Å²) >= 11 is 0. The van der Waals surface area contributed by atoms with Gasteiger partial charge in [0.15, 0.2) is 0 Å². The largest absolute Gasteiger partial charge is 0.419 e. The van der Waals surface area contributed by atoms with Crippen LogP contribution < -0.4 is 5.32 Å². The summed E-state index contributed by atoms with van der Waals surface area (Å²) in [5, 5.41) is 10.3. The van der Waals surface area contributed by atoms with Crippen LogP contribution in [-0.2, 0) is 0 Å². The van der Waals surface area contributed by atoms with Gasteiger partial charge in [-0.1, -0.05) is 6.07 Å². The van der Waals surface area contributed by atoms with E-state index in [9.17, 15) is 8.78 Å². The summed E-state index contributed by atoms with van der Waals surface area (Å²) in [7, 11) is 1.72. The molecule has 0 radical (unpaired) electrons. The molecule has 0 fully saturated rings. The highest BCUT2D eigenvalue weighted by molar-refractivity contribution is 5.54. The number of aromatic nitrogens is 2. The monoisotopic (exact) mass is 239 g/mol. The minimum Gasteiger partial charge on any atom is -0.419 e. The lowest BCUT2D eigenvalue weighted by molar-refractivity contribution is 0.437. The first-order valence-electron chi connectivity index (χ1n) is 5.08. The van der Waals surface area contributed by atoms with Crippen molar-refractivity contribution >= 4 is 0 Å². The van der Waals surface area contributed by atoms with Gasteiger partial charge >= 0.3 is 0 Å². The van der Waals surface area contributed by atoms with Gasteiger partial charge in [0.2, 0.25) is 5.89 Å². The summed E-state index contributed by atoms with van der Waals surface area (Å²) in [6.07, 6.45) is 0. The normalized spacial score (nSPS) is 12.7. The maximum Gasteiger partial charge on any atom is 0.253 e. The summed E-state index contributed by atoms with van der Waals surface area (Å²) < 4.78 is 32.1. The van der Waals surface area contributed by atoms with Gasteiger partial charge in [0, 0.05) is 0 Å². The Kier molecular flexibility index (Phi) is 3.14. The van der Waals surface area contributed by atoms with Crippen molar-refractivity contribution in [3.8, 4) is 11.5 Å². The van der Waals surface area contributed by atoms with Crippen molar-refractivity contribution in [2.24, 2.45) is 0 Å². The molecule has 2 aromatic rings. The van der Waals surface area contributed by atoms with Crippen molar-refractivity contribution in [2.45, 2.75) is 13.0 Å². The van der Waals surface area contributed by atoms with Crippen molar-refractivity contribution in [2.75, 3.05) is 7.05 Å². The Morgan fingerprint density at radius 2 is 1.88 bits per heavy atom. The van der Waals surface area contributed by atoms with Crippen LogP contribution >= 0.6 is 0 Å². The van der Waals surface area contributed by atoms with Crippen LogP contribution in [0, 0.1) is 11.6 Å². The van der Waals surface area contributed by atoms with Gasteiger partial charge < -0.3 is 9.73 Å². The topological polar surface area (TPSA) is 51.0 Å². The molecule has 1 aromatic heterocycles. The third kappa shape index (κ3) is 2.16. The number of halogens is 2. The smallest absolute Gasteiger partial charge is 0.253 e. The minimum absolute atomic E-state index is 0.155. The number of benzene rings is 1. The molecular formula is C11H11F2N3O. The molecule has 90 valence electrons. The first kappa shape index (κ1) is 11.7. The van der Waals surface area contributed by atoms with Crippen molar-refractivity contribution in [1.29, 1.82) is 0 Å². The molecule has 0 aliphatic heterocycles. The molecule has 4 nitrogen and oxygen atoms in total. The van der Waals surface area contributed by atoms with E-state index in [4.69, 9.17) is 4.42 Å². The lowest BCUT2D eigenvalue weighted by atomic mass is 10.2. The van der Waals surface area contributed by atoms with Crippen molar-refractivity contribution in [3.63, 3.8) is 0 Å². The maximum atomic E-state index is 13.4. The van der Waals surface area contributed by atoms with Crippen LogP contribution in [0.3, 0.4) is 0 Å². The molecule has 6 heteroatoms. The molecule has 0 aliphatic rings. The van der Waals surface area contributed by atoms with E-state index in [0.29, 0.717) is 0 Å². The second-order valence-corrected chi connectivity index (χ2v) is 3.55. The van der Waals surface area contributed by atoms with Crippen LogP contribution in [0.1, 0.15) is 18.9 Å². The Labute approximate surface area is 96.7 Å². The van der Waals surface area contributed by atoms with E-state index in [1.165, 1.54) is 6.07 Å². The Morgan fingerprint density at radius 3 is 2.47 bits per heavy atom. The molecule has 0 saturated heterocycles. The molecule has 1 N–H and O–H groups in total. The Hall–Kier alpha value is -1.82. The molecule has 1 heterocycles. The van der Waals surface area contributed by atoms with Gasteiger partial charge in [-0.05, 0) is 26.1 Å². The standard InChI is InChI=1S/C11H11F2N3O/c1-6(14-2)10-15-16-11(17-10)9-7(12)4-3-5-8(9)13/h3-6,14H,1-2H3. The number of hydrogen-bond donors (Lipinski definition) is 1. The van der Waals surface area contributed by atoms with Crippen LogP contribution in [0.5, 0.6) is 0 Å². The third-order valence-corrected chi connectivity index (χ3v) is 2.42. The van der Waals surface area contributed by atoms with Crippen LogP contribution in [0.4, 0.5) is 8.78 Å². The summed E-state index contributed by atoms with van der Waals surface area (Å²) in [5.74, 6) is -1.32. The highest BCUT2D eigenvalue weighted by atomic mass is 19.1. The third-order valence-electron chi connectivity index (χ3n) is 2.42. The van der Waals surface area contributed by atoms with E-state index in [0.717, 1.165) is 12.1 Å². The van der Waals surface area contributed by atoms with E-state index in [2.05, 4.69) is 15.5 Å². The second-order valence-electron chi connectivity index (χ2n) is 3.55. The fourth-order valence-electron chi connectivity index (χ4n) is 1.34. The van der Waals surface area contributed by atoms with Crippen LogP contribution in [0.2, 0.25) is 0 Å². The van der Waals surface area contributed by atoms with Gasteiger partial charge in [-0.25, -0.2) is 8.78 Å². The van der Waals surface area contributed by atoms with Gasteiger partial charge in [0.05, 0.1) is 6.04 Å². The molecule has 2 rings (SSSR count). The molecule has 0 spiro atoms. The summed E-state index contributed by atoms with van der Waals surface area (Å²) in [6.45, 7) is 1.80. The van der Waals surface area contributed by atoms with Gasteiger partial charge in [-0.15, -0.1) is 10.2 Å². The highest BCUT2D eigenvalue weighted by Crippen LogP contribution is 2.25. The average Bonchev–Trinajstić information content (AvgIpc) is 2.77. The number of rotatable bonds is 3. The zero-order valence-electron chi connectivity index (χ0n) is 9.37. The highest BCUT2D eigenvalue weighted by Gasteiger charge is 2.19. The number of nitrogens with zero attached hydrogens (tertiary/aromatic N) is 2. The second kappa shape index (κ2) is 4.58. The summed E-state index contributed by atoms with van der Waals surface area (Å²) in [4.78, 5) is 0. The zero-order valence-corrected chi connectivity index (χ0v) is 9.37. The Morgan fingerprint density at radius 1 is 1.24 bits per heavy atom. The quantitative estimate of drug-likeness (QED) is 0.892. The molecule has 17 heavy (non-hydrogen) atoms. The van der Waals surface area contributed by atoms with Crippen LogP contribution in [-0.4, -0.2) is 17.2 Å². The number of hydrogen-bond acceptors (Lipinski definition) is 4. The molecule has 0 amide bonds. The number of nitrogens with one attached hydrogen (secondary N) is 1. The van der Waals surface area contributed by atoms with Gasteiger partial charge in [-0.2, -0.15) is 0 Å². The predicted octanol–water partition coefficient (Wildman–Crippen LogP) is 2.30. The lowest BCUT2D eigenvalue weighted by Gasteiger charge is -2.03.